The molecule has 4 heteroatoms. The molecule has 4 nitrogen and oxygen atoms in total. The summed E-state index contributed by atoms with van der Waals surface area (Å²) in [6.45, 7) is 2.92. The van der Waals surface area contributed by atoms with E-state index in [0.717, 1.165) is 0 Å². The van der Waals surface area contributed by atoms with Crippen LogP contribution < -0.4 is 5.32 Å². The molecule has 0 spiro atoms. The van der Waals surface area contributed by atoms with Crippen molar-refractivity contribution in [2.45, 2.75) is 13.8 Å². The largest absolute Gasteiger partial charge is 0.507 e. The summed E-state index contributed by atoms with van der Waals surface area (Å²) in [5, 5.41) is 11.6. The normalized spacial score (nSPS) is 9.57. The second kappa shape index (κ2) is 3.91. The molecule has 0 heterocycles. The van der Waals surface area contributed by atoms with Gasteiger partial charge in [0.1, 0.15) is 5.75 Å². The summed E-state index contributed by atoms with van der Waals surface area (Å²) in [4.78, 5) is 21.9. The lowest BCUT2D eigenvalue weighted by molar-refractivity contribution is -0.118. The lowest BCUT2D eigenvalue weighted by Gasteiger charge is -2.05. The molecule has 0 aliphatic rings. The van der Waals surface area contributed by atoms with Crippen molar-refractivity contribution in [2.24, 2.45) is 0 Å². The Kier molecular flexibility index (Phi) is 2.86. The molecule has 0 aromatic heterocycles. The van der Waals surface area contributed by atoms with E-state index in [-0.39, 0.29) is 11.3 Å². The molecule has 74 valence electrons. The number of para-hydroxylation sites is 1. The standard InChI is InChI=1S/C10H11NO3/c1-6-4-3-5-8(9(6)13)10(14)11-7(2)12/h3-5,13H,1-2H3,(H,11,12,14). The monoisotopic (exact) mass is 193 g/mol. The Hall–Kier alpha value is -1.84. The van der Waals surface area contributed by atoms with Gasteiger partial charge in [-0.05, 0) is 18.6 Å². The van der Waals surface area contributed by atoms with Crippen LogP contribution in [0.4, 0.5) is 0 Å². The lowest BCUT2D eigenvalue weighted by Crippen LogP contribution is -2.28. The van der Waals surface area contributed by atoms with E-state index in [1.807, 2.05) is 0 Å². The second-order valence-corrected chi connectivity index (χ2v) is 2.98. The van der Waals surface area contributed by atoms with Crippen molar-refractivity contribution >= 4 is 11.8 Å². The molecule has 2 amide bonds. The molecule has 0 aliphatic heterocycles. The third-order valence-electron chi connectivity index (χ3n) is 1.77. The molecule has 0 bridgehead atoms. The quantitative estimate of drug-likeness (QED) is 0.698. The Labute approximate surface area is 81.6 Å². The van der Waals surface area contributed by atoms with E-state index in [1.54, 1.807) is 19.1 Å². The number of amides is 2. The van der Waals surface area contributed by atoms with Crippen LogP contribution in [0.3, 0.4) is 0 Å². The number of imide groups is 1. The van der Waals surface area contributed by atoms with Crippen LogP contribution in [0.15, 0.2) is 18.2 Å². The molecule has 0 unspecified atom stereocenters. The fraction of sp³-hybridized carbons (Fsp3) is 0.200. The fourth-order valence-electron chi connectivity index (χ4n) is 1.07. The molecule has 1 aromatic rings. The number of phenols is 1. The van der Waals surface area contributed by atoms with Gasteiger partial charge in [0.2, 0.25) is 5.91 Å². The van der Waals surface area contributed by atoms with Crippen molar-refractivity contribution in [3.8, 4) is 5.75 Å². The summed E-state index contributed by atoms with van der Waals surface area (Å²) in [6.07, 6.45) is 0. The van der Waals surface area contributed by atoms with Gasteiger partial charge in [0.15, 0.2) is 0 Å². The van der Waals surface area contributed by atoms with Gasteiger partial charge >= 0.3 is 0 Å². The molecule has 0 atom stereocenters. The predicted octanol–water partition coefficient (Wildman–Crippen LogP) is 0.977. The average molecular weight is 193 g/mol. The summed E-state index contributed by atoms with van der Waals surface area (Å²) in [5.74, 6) is -1.12. The van der Waals surface area contributed by atoms with Gasteiger partial charge in [-0.3, -0.25) is 14.9 Å². The van der Waals surface area contributed by atoms with Gasteiger partial charge in [0.25, 0.3) is 5.91 Å². The number of benzene rings is 1. The van der Waals surface area contributed by atoms with Crippen LogP contribution >= 0.6 is 0 Å². The maximum Gasteiger partial charge on any atom is 0.261 e. The first-order valence-corrected chi connectivity index (χ1v) is 4.13. The number of hydrogen-bond donors (Lipinski definition) is 2. The Bertz CT molecular complexity index is 385. The SMILES string of the molecule is CC(=O)NC(=O)c1cccc(C)c1O. The smallest absolute Gasteiger partial charge is 0.261 e. The van der Waals surface area contributed by atoms with E-state index in [4.69, 9.17) is 0 Å². The molecular formula is C10H11NO3. The first-order valence-electron chi connectivity index (χ1n) is 4.13. The molecule has 1 aromatic carbocycles. The van der Waals surface area contributed by atoms with Crippen molar-refractivity contribution in [3.63, 3.8) is 0 Å². The highest BCUT2D eigenvalue weighted by atomic mass is 16.3. The number of rotatable bonds is 1. The zero-order valence-corrected chi connectivity index (χ0v) is 8.00. The van der Waals surface area contributed by atoms with Crippen molar-refractivity contribution in [3.05, 3.63) is 29.3 Å². The Morgan fingerprint density at radius 1 is 1.36 bits per heavy atom. The van der Waals surface area contributed by atoms with Gasteiger partial charge < -0.3 is 5.11 Å². The fourth-order valence-corrected chi connectivity index (χ4v) is 1.07. The number of carbonyl (C=O) groups is 2. The van der Waals surface area contributed by atoms with Gasteiger partial charge in [-0.25, -0.2) is 0 Å². The molecule has 14 heavy (non-hydrogen) atoms. The van der Waals surface area contributed by atoms with Gasteiger partial charge in [0, 0.05) is 6.92 Å². The van der Waals surface area contributed by atoms with Crippen LogP contribution in [0.1, 0.15) is 22.8 Å². The maximum atomic E-state index is 11.3. The van der Waals surface area contributed by atoms with Crippen LogP contribution in [0.2, 0.25) is 0 Å². The summed E-state index contributed by atoms with van der Waals surface area (Å²) in [6, 6.07) is 4.78. The third kappa shape index (κ3) is 2.10. The van der Waals surface area contributed by atoms with E-state index < -0.39 is 11.8 Å². The van der Waals surface area contributed by atoms with Crippen molar-refractivity contribution in [1.29, 1.82) is 0 Å². The van der Waals surface area contributed by atoms with Gasteiger partial charge in [-0.15, -0.1) is 0 Å². The average Bonchev–Trinajstić information content (AvgIpc) is 2.08. The zero-order valence-electron chi connectivity index (χ0n) is 8.00. The van der Waals surface area contributed by atoms with E-state index in [0.29, 0.717) is 5.56 Å². The van der Waals surface area contributed by atoms with Crippen molar-refractivity contribution in [1.82, 2.24) is 5.32 Å². The number of aromatic hydroxyl groups is 1. The van der Waals surface area contributed by atoms with Crippen molar-refractivity contribution < 1.29 is 14.7 Å². The Balaban J connectivity index is 3.01. The number of phenolic OH excluding ortho intramolecular Hbond substituents is 1. The molecule has 0 aliphatic carbocycles. The number of nitrogens with one attached hydrogen (secondary N) is 1. The van der Waals surface area contributed by atoms with Crippen LogP contribution in [0, 0.1) is 6.92 Å². The topological polar surface area (TPSA) is 66.4 Å². The van der Waals surface area contributed by atoms with Crippen molar-refractivity contribution in [2.75, 3.05) is 0 Å². The number of carbonyl (C=O) groups excluding carboxylic acids is 2. The lowest BCUT2D eigenvalue weighted by atomic mass is 10.1. The minimum Gasteiger partial charge on any atom is -0.507 e. The molecule has 0 saturated heterocycles. The first-order chi connectivity index (χ1) is 6.52. The highest BCUT2D eigenvalue weighted by Crippen LogP contribution is 2.20. The number of hydrogen-bond acceptors (Lipinski definition) is 3. The summed E-state index contributed by atoms with van der Waals surface area (Å²) in [5.41, 5.74) is 0.710. The zero-order chi connectivity index (χ0) is 10.7. The summed E-state index contributed by atoms with van der Waals surface area (Å²) in [7, 11) is 0. The van der Waals surface area contributed by atoms with Crippen LogP contribution in [-0.2, 0) is 4.79 Å². The molecule has 0 fully saturated rings. The first kappa shape index (κ1) is 10.2. The van der Waals surface area contributed by atoms with Gasteiger partial charge in [-0.2, -0.15) is 0 Å². The second-order valence-electron chi connectivity index (χ2n) is 2.98. The molecule has 0 saturated carbocycles. The minimum absolute atomic E-state index is 0.0914. The maximum absolute atomic E-state index is 11.3. The molecular weight excluding hydrogens is 182 g/mol. The van der Waals surface area contributed by atoms with E-state index >= 15 is 0 Å². The number of aryl methyl sites for hydroxylation is 1. The van der Waals surface area contributed by atoms with E-state index in [1.165, 1.54) is 13.0 Å². The highest BCUT2D eigenvalue weighted by molar-refractivity contribution is 6.05. The van der Waals surface area contributed by atoms with Crippen LogP contribution in [-0.4, -0.2) is 16.9 Å². The van der Waals surface area contributed by atoms with Crippen LogP contribution in [0.25, 0.3) is 0 Å². The molecule has 2 N–H and O–H groups in total. The molecule has 1 rings (SSSR count). The third-order valence-corrected chi connectivity index (χ3v) is 1.77. The van der Waals surface area contributed by atoms with Gasteiger partial charge in [0.05, 0.1) is 5.56 Å². The Morgan fingerprint density at radius 3 is 2.57 bits per heavy atom. The van der Waals surface area contributed by atoms with Gasteiger partial charge in [-0.1, -0.05) is 12.1 Å². The molecule has 0 radical (unpaired) electrons. The summed E-state index contributed by atoms with van der Waals surface area (Å²) >= 11 is 0. The van der Waals surface area contributed by atoms with E-state index in [9.17, 15) is 14.7 Å². The summed E-state index contributed by atoms with van der Waals surface area (Å²) < 4.78 is 0. The highest BCUT2D eigenvalue weighted by Gasteiger charge is 2.12. The minimum atomic E-state index is -0.585. The predicted molar refractivity (Wildman–Crippen MR) is 51.0 cm³/mol. The Morgan fingerprint density at radius 2 is 2.00 bits per heavy atom. The van der Waals surface area contributed by atoms with Crippen LogP contribution in [0.5, 0.6) is 5.75 Å². The van der Waals surface area contributed by atoms with E-state index in [2.05, 4.69) is 5.32 Å².